The molecule has 0 fully saturated rings. The predicted molar refractivity (Wildman–Crippen MR) is 62.0 cm³/mol. The normalized spacial score (nSPS) is 13.7. The Morgan fingerprint density at radius 1 is 1.27 bits per heavy atom. The number of hydrogen-bond donors (Lipinski definition) is 2. The molecule has 0 aromatic carbocycles. The number of rotatable bonds is 5. The summed E-state index contributed by atoms with van der Waals surface area (Å²) in [5.41, 5.74) is 0. The fourth-order valence-corrected chi connectivity index (χ4v) is 2.11. The van der Waals surface area contributed by atoms with Gasteiger partial charge in [-0.3, -0.25) is 9.59 Å². The summed E-state index contributed by atoms with van der Waals surface area (Å²) in [6.07, 6.45) is 0. The van der Waals surface area contributed by atoms with Crippen LogP contribution in [0.3, 0.4) is 0 Å². The van der Waals surface area contributed by atoms with Crippen LogP contribution >= 0.6 is 11.8 Å². The summed E-state index contributed by atoms with van der Waals surface area (Å²) in [6, 6.07) is 0.0773. The van der Waals surface area contributed by atoms with Crippen LogP contribution in [0.5, 0.6) is 0 Å². The zero-order chi connectivity index (χ0) is 12.2. The van der Waals surface area contributed by atoms with E-state index in [1.165, 1.54) is 0 Å². The molecule has 0 aromatic heterocycles. The Morgan fingerprint density at radius 3 is 2.07 bits per heavy atom. The van der Waals surface area contributed by atoms with Crippen LogP contribution in [0.2, 0.25) is 0 Å². The zero-order valence-corrected chi connectivity index (χ0v) is 10.6. The van der Waals surface area contributed by atoms with Crippen LogP contribution in [0.1, 0.15) is 34.6 Å². The minimum absolute atomic E-state index is 0.0773. The lowest BCUT2D eigenvalue weighted by molar-refractivity contribution is -0.138. The second-order valence-electron chi connectivity index (χ2n) is 4.24. The van der Waals surface area contributed by atoms with Crippen molar-refractivity contribution in [1.82, 2.24) is 5.32 Å². The fraction of sp³-hybridized carbons (Fsp3) is 0.800. The molecule has 0 saturated carbocycles. The lowest BCUT2D eigenvalue weighted by Gasteiger charge is -2.23. The van der Waals surface area contributed by atoms with Crippen LogP contribution in [-0.2, 0) is 9.59 Å². The molecule has 4 nitrogen and oxygen atoms in total. The maximum atomic E-state index is 11.5. The van der Waals surface area contributed by atoms with Gasteiger partial charge in [0.15, 0.2) is 0 Å². The molecular formula is C10H19NO3S. The molecule has 1 amide bonds. The molecule has 0 heterocycles. The molecule has 0 saturated heterocycles. The topological polar surface area (TPSA) is 66.4 Å². The van der Waals surface area contributed by atoms with E-state index in [1.54, 1.807) is 20.8 Å². The molecule has 0 aliphatic carbocycles. The largest absolute Gasteiger partial charge is 0.480 e. The van der Waals surface area contributed by atoms with E-state index in [1.807, 2.05) is 13.8 Å². The number of carbonyl (C=O) groups excluding carboxylic acids is 1. The summed E-state index contributed by atoms with van der Waals surface area (Å²) in [5.74, 6) is -1.03. The third-order valence-electron chi connectivity index (χ3n) is 1.79. The molecule has 88 valence electrons. The molecule has 2 N–H and O–H groups in total. The molecule has 0 aliphatic rings. The second-order valence-corrected chi connectivity index (χ2v) is 6.20. The van der Waals surface area contributed by atoms with Crippen molar-refractivity contribution in [3.05, 3.63) is 0 Å². The van der Waals surface area contributed by atoms with E-state index in [9.17, 15) is 9.59 Å². The van der Waals surface area contributed by atoms with Gasteiger partial charge in [-0.15, -0.1) is 11.8 Å². The number of carboxylic acid groups (broad SMARTS) is 1. The van der Waals surface area contributed by atoms with Crippen molar-refractivity contribution in [3.8, 4) is 0 Å². The minimum Gasteiger partial charge on any atom is -0.480 e. The van der Waals surface area contributed by atoms with E-state index >= 15 is 0 Å². The van der Waals surface area contributed by atoms with Crippen molar-refractivity contribution in [1.29, 1.82) is 0 Å². The number of aliphatic carboxylic acids is 1. The monoisotopic (exact) mass is 233 g/mol. The zero-order valence-electron chi connectivity index (χ0n) is 9.83. The molecule has 1 atom stereocenters. The molecule has 0 aromatic rings. The van der Waals surface area contributed by atoms with E-state index in [4.69, 9.17) is 5.11 Å². The summed E-state index contributed by atoms with van der Waals surface area (Å²) in [5, 5.41) is 11.3. The number of thioether (sulfide) groups is 1. The lowest BCUT2D eigenvalue weighted by atomic mass is 10.2. The van der Waals surface area contributed by atoms with Crippen molar-refractivity contribution >= 4 is 23.6 Å². The first-order valence-electron chi connectivity index (χ1n) is 4.88. The average molecular weight is 233 g/mol. The summed E-state index contributed by atoms with van der Waals surface area (Å²) in [4.78, 5) is 22.4. The summed E-state index contributed by atoms with van der Waals surface area (Å²) < 4.78 is -0.937. The van der Waals surface area contributed by atoms with Gasteiger partial charge in [0.2, 0.25) is 5.91 Å². The van der Waals surface area contributed by atoms with Crippen molar-refractivity contribution < 1.29 is 14.7 Å². The Labute approximate surface area is 94.8 Å². The summed E-state index contributed by atoms with van der Waals surface area (Å²) in [7, 11) is 0. The Bertz CT molecular complexity index is 251. The highest BCUT2D eigenvalue weighted by Gasteiger charge is 2.32. The van der Waals surface area contributed by atoms with Gasteiger partial charge in [-0.25, -0.2) is 0 Å². The molecule has 0 bridgehead atoms. The quantitative estimate of drug-likeness (QED) is 0.755. The first-order valence-corrected chi connectivity index (χ1v) is 5.76. The number of carbonyl (C=O) groups is 2. The van der Waals surface area contributed by atoms with E-state index in [0.29, 0.717) is 0 Å². The van der Waals surface area contributed by atoms with Gasteiger partial charge in [0.05, 0.1) is 5.25 Å². The number of nitrogens with one attached hydrogen (secondary N) is 1. The molecule has 0 aliphatic heterocycles. The number of carboxylic acids is 1. The Morgan fingerprint density at radius 2 is 1.73 bits per heavy atom. The standard InChI is InChI=1S/C10H19NO3S/c1-6(2)11-8(12)7(3)15-10(4,5)9(13)14/h6-7H,1-5H3,(H,11,12)(H,13,14). The lowest BCUT2D eigenvalue weighted by Crippen LogP contribution is -2.39. The maximum Gasteiger partial charge on any atom is 0.319 e. The van der Waals surface area contributed by atoms with E-state index in [0.717, 1.165) is 11.8 Å². The summed E-state index contributed by atoms with van der Waals surface area (Å²) >= 11 is 1.15. The van der Waals surface area contributed by atoms with Crippen molar-refractivity contribution in [2.75, 3.05) is 0 Å². The molecule has 15 heavy (non-hydrogen) atoms. The van der Waals surface area contributed by atoms with Gasteiger partial charge in [-0.2, -0.15) is 0 Å². The van der Waals surface area contributed by atoms with Crippen molar-refractivity contribution in [3.63, 3.8) is 0 Å². The van der Waals surface area contributed by atoms with Crippen LogP contribution in [0, 0.1) is 0 Å². The first-order chi connectivity index (χ1) is 6.66. The highest BCUT2D eigenvalue weighted by Crippen LogP contribution is 2.29. The van der Waals surface area contributed by atoms with E-state index in [2.05, 4.69) is 5.32 Å². The van der Waals surface area contributed by atoms with Gasteiger partial charge in [-0.1, -0.05) is 0 Å². The van der Waals surface area contributed by atoms with Gasteiger partial charge in [-0.05, 0) is 34.6 Å². The highest BCUT2D eigenvalue weighted by molar-refractivity contribution is 8.02. The molecule has 0 spiro atoms. The molecule has 5 heteroatoms. The molecular weight excluding hydrogens is 214 g/mol. The molecule has 0 radical (unpaired) electrons. The number of amides is 1. The van der Waals surface area contributed by atoms with Gasteiger partial charge in [0.25, 0.3) is 0 Å². The minimum atomic E-state index is -0.937. The Kier molecular flexibility index (Phi) is 5.14. The van der Waals surface area contributed by atoms with Crippen molar-refractivity contribution in [2.45, 2.75) is 50.7 Å². The van der Waals surface area contributed by atoms with Gasteiger partial charge in [0.1, 0.15) is 4.75 Å². The van der Waals surface area contributed by atoms with Crippen LogP contribution in [0.15, 0.2) is 0 Å². The maximum absolute atomic E-state index is 11.5. The highest BCUT2D eigenvalue weighted by atomic mass is 32.2. The molecule has 1 unspecified atom stereocenters. The van der Waals surface area contributed by atoms with Gasteiger partial charge >= 0.3 is 5.97 Å². The van der Waals surface area contributed by atoms with Crippen LogP contribution in [0.4, 0.5) is 0 Å². The third-order valence-corrected chi connectivity index (χ3v) is 3.12. The van der Waals surface area contributed by atoms with Gasteiger partial charge < -0.3 is 10.4 Å². The summed E-state index contributed by atoms with van der Waals surface area (Å²) in [6.45, 7) is 8.65. The fourth-order valence-electron chi connectivity index (χ4n) is 0.948. The molecule has 0 rings (SSSR count). The predicted octanol–water partition coefficient (Wildman–Crippen LogP) is 1.50. The Balaban J connectivity index is 4.30. The van der Waals surface area contributed by atoms with E-state index in [-0.39, 0.29) is 17.2 Å². The van der Waals surface area contributed by atoms with Crippen molar-refractivity contribution in [2.24, 2.45) is 0 Å². The smallest absolute Gasteiger partial charge is 0.319 e. The number of hydrogen-bond acceptors (Lipinski definition) is 3. The van der Waals surface area contributed by atoms with Gasteiger partial charge in [0, 0.05) is 6.04 Å². The Hall–Kier alpha value is -0.710. The first kappa shape index (κ1) is 14.3. The SMILES string of the molecule is CC(C)NC(=O)C(C)SC(C)(C)C(=O)O. The van der Waals surface area contributed by atoms with E-state index < -0.39 is 10.7 Å². The van der Waals surface area contributed by atoms with Crippen LogP contribution < -0.4 is 5.32 Å². The average Bonchev–Trinajstić information content (AvgIpc) is 2.01. The van der Waals surface area contributed by atoms with Crippen LogP contribution in [0.25, 0.3) is 0 Å². The second kappa shape index (κ2) is 5.39. The van der Waals surface area contributed by atoms with Crippen LogP contribution in [-0.4, -0.2) is 33.0 Å². The third kappa shape index (κ3) is 5.06.